The van der Waals surface area contributed by atoms with E-state index in [1.54, 1.807) is 0 Å². The van der Waals surface area contributed by atoms with Gasteiger partial charge in [-0.1, -0.05) is 15.9 Å². The average Bonchev–Trinajstić information content (AvgIpc) is 1.62. The van der Waals surface area contributed by atoms with Crippen molar-refractivity contribution in [2.45, 2.75) is 18.0 Å². The fraction of sp³-hybridized carbons (Fsp3) is 1.00. The molecule has 5 heteroatoms. The van der Waals surface area contributed by atoms with Crippen molar-refractivity contribution in [3.05, 3.63) is 0 Å². The summed E-state index contributed by atoms with van der Waals surface area (Å²) in [4.78, 5) is 0. The number of rotatable bonds is 2. The summed E-state index contributed by atoms with van der Waals surface area (Å²) in [5.41, 5.74) is 0. The molecule has 0 bridgehead atoms. The minimum atomic E-state index is -4.14. The summed E-state index contributed by atoms with van der Waals surface area (Å²) in [5, 5.41) is -0.668. The third-order valence-electron chi connectivity index (χ3n) is 0.620. The van der Waals surface area contributed by atoms with Crippen LogP contribution in [0.15, 0.2) is 0 Å². The Morgan fingerprint density at radius 1 is 1.44 bits per heavy atom. The second-order valence-electron chi connectivity index (χ2n) is 1.57. The number of alkyl halides is 5. The zero-order valence-corrected chi connectivity index (χ0v) is 6.72. The molecule has 0 rings (SSSR count). The van der Waals surface area contributed by atoms with Crippen LogP contribution < -0.4 is 0 Å². The first-order valence-corrected chi connectivity index (χ1v) is 3.78. The lowest BCUT2D eigenvalue weighted by Gasteiger charge is -2.07. The first kappa shape index (κ1) is 9.56. The predicted octanol–water partition coefficient (Wildman–Crippen LogP) is 2.94. The van der Waals surface area contributed by atoms with E-state index in [0.29, 0.717) is 0 Å². The standard InChI is InChI=1S/C4H5BrClF3/c5-2-3(6)1-4(7,8)9/h3H,1-2H2. The first-order chi connectivity index (χ1) is 3.95. The molecule has 0 N–H and O–H groups in total. The van der Waals surface area contributed by atoms with Crippen molar-refractivity contribution in [3.63, 3.8) is 0 Å². The quantitative estimate of drug-likeness (QED) is 0.634. The minimum absolute atomic E-state index is 0.175. The molecule has 0 amide bonds. The van der Waals surface area contributed by atoms with E-state index in [4.69, 9.17) is 11.6 Å². The van der Waals surface area contributed by atoms with Gasteiger partial charge in [0.25, 0.3) is 0 Å². The molecule has 9 heavy (non-hydrogen) atoms. The van der Waals surface area contributed by atoms with E-state index < -0.39 is 18.0 Å². The third-order valence-corrected chi connectivity index (χ3v) is 2.08. The molecule has 0 heterocycles. The monoisotopic (exact) mass is 224 g/mol. The first-order valence-electron chi connectivity index (χ1n) is 2.22. The zero-order chi connectivity index (χ0) is 7.49. The molecular formula is C4H5BrClF3. The van der Waals surface area contributed by atoms with Crippen LogP contribution in [0, 0.1) is 0 Å². The Bertz CT molecular complexity index is 82.4. The van der Waals surface area contributed by atoms with Crippen LogP contribution in [0.3, 0.4) is 0 Å². The van der Waals surface area contributed by atoms with Gasteiger partial charge in [-0.2, -0.15) is 13.2 Å². The Morgan fingerprint density at radius 3 is 2.00 bits per heavy atom. The lowest BCUT2D eigenvalue weighted by molar-refractivity contribution is -0.133. The van der Waals surface area contributed by atoms with Gasteiger partial charge in [0.15, 0.2) is 0 Å². The van der Waals surface area contributed by atoms with Gasteiger partial charge in [-0.25, -0.2) is 0 Å². The van der Waals surface area contributed by atoms with Gasteiger partial charge in [-0.15, -0.1) is 11.6 Å². The predicted molar refractivity (Wildman–Crippen MR) is 34.1 cm³/mol. The van der Waals surface area contributed by atoms with Gasteiger partial charge in [-0.3, -0.25) is 0 Å². The van der Waals surface area contributed by atoms with E-state index in [-0.39, 0.29) is 5.33 Å². The SMILES string of the molecule is FC(F)(F)CC(Cl)CBr. The Hall–Kier alpha value is 0.560. The molecule has 1 atom stereocenters. The Balaban J connectivity index is 3.47. The Labute approximate surface area is 64.5 Å². The Kier molecular flexibility index (Phi) is 3.89. The summed E-state index contributed by atoms with van der Waals surface area (Å²) in [6.07, 6.45) is -5.07. The maximum absolute atomic E-state index is 11.4. The lowest BCUT2D eigenvalue weighted by atomic mass is 10.3. The van der Waals surface area contributed by atoms with E-state index in [2.05, 4.69) is 15.9 Å². The van der Waals surface area contributed by atoms with Gasteiger partial charge >= 0.3 is 6.18 Å². The molecule has 56 valence electrons. The van der Waals surface area contributed by atoms with Crippen LogP contribution in [0.1, 0.15) is 6.42 Å². The van der Waals surface area contributed by atoms with Crippen LogP contribution in [-0.2, 0) is 0 Å². The highest BCUT2D eigenvalue weighted by Gasteiger charge is 2.30. The topological polar surface area (TPSA) is 0 Å². The van der Waals surface area contributed by atoms with E-state index >= 15 is 0 Å². The molecule has 0 aliphatic rings. The van der Waals surface area contributed by atoms with Gasteiger partial charge in [-0.05, 0) is 0 Å². The summed E-state index contributed by atoms with van der Waals surface area (Å²) in [6.45, 7) is 0. The van der Waals surface area contributed by atoms with Gasteiger partial charge in [0, 0.05) is 5.33 Å². The molecule has 0 aromatic carbocycles. The fourth-order valence-corrected chi connectivity index (χ4v) is 0.710. The van der Waals surface area contributed by atoms with E-state index in [1.165, 1.54) is 0 Å². The highest BCUT2D eigenvalue weighted by molar-refractivity contribution is 9.09. The highest BCUT2D eigenvalue weighted by atomic mass is 79.9. The van der Waals surface area contributed by atoms with Crippen LogP contribution >= 0.6 is 27.5 Å². The molecule has 0 spiro atoms. The molecule has 1 unspecified atom stereocenters. The number of halogens is 5. The zero-order valence-electron chi connectivity index (χ0n) is 4.38. The molecule has 0 nitrogen and oxygen atoms in total. The second-order valence-corrected chi connectivity index (χ2v) is 2.84. The summed E-state index contributed by atoms with van der Waals surface area (Å²) in [7, 11) is 0. The van der Waals surface area contributed by atoms with Crippen LogP contribution in [-0.4, -0.2) is 16.9 Å². The molecule has 0 saturated heterocycles. The number of hydrogen-bond donors (Lipinski definition) is 0. The van der Waals surface area contributed by atoms with Crippen molar-refractivity contribution in [1.82, 2.24) is 0 Å². The molecule has 0 aliphatic carbocycles. The van der Waals surface area contributed by atoms with Crippen molar-refractivity contribution in [2.24, 2.45) is 0 Å². The van der Waals surface area contributed by atoms with E-state index in [0.717, 1.165) is 0 Å². The summed E-state index contributed by atoms with van der Waals surface area (Å²) in [5.74, 6) is 0. The van der Waals surface area contributed by atoms with E-state index in [1.807, 2.05) is 0 Å². The molecule has 0 saturated carbocycles. The van der Waals surface area contributed by atoms with Crippen molar-refractivity contribution < 1.29 is 13.2 Å². The van der Waals surface area contributed by atoms with Gasteiger partial charge in [0.1, 0.15) is 0 Å². The van der Waals surface area contributed by atoms with Crippen LogP contribution in [0.2, 0.25) is 0 Å². The summed E-state index contributed by atoms with van der Waals surface area (Å²) >= 11 is 8.02. The van der Waals surface area contributed by atoms with Crippen molar-refractivity contribution in [3.8, 4) is 0 Å². The molecule has 0 radical (unpaired) electrons. The van der Waals surface area contributed by atoms with Crippen molar-refractivity contribution in [2.75, 3.05) is 5.33 Å². The molecule has 0 aliphatic heterocycles. The number of hydrogen-bond acceptors (Lipinski definition) is 0. The van der Waals surface area contributed by atoms with Crippen LogP contribution in [0.25, 0.3) is 0 Å². The van der Waals surface area contributed by atoms with Gasteiger partial charge in [0.05, 0.1) is 11.8 Å². The van der Waals surface area contributed by atoms with E-state index in [9.17, 15) is 13.2 Å². The van der Waals surface area contributed by atoms with Gasteiger partial charge in [0.2, 0.25) is 0 Å². The molecular weight excluding hydrogens is 220 g/mol. The van der Waals surface area contributed by atoms with Crippen LogP contribution in [0.5, 0.6) is 0 Å². The molecule has 0 aromatic rings. The Morgan fingerprint density at radius 2 is 1.89 bits per heavy atom. The smallest absolute Gasteiger partial charge is 0.171 e. The van der Waals surface area contributed by atoms with Crippen molar-refractivity contribution >= 4 is 27.5 Å². The third kappa shape index (κ3) is 6.45. The minimum Gasteiger partial charge on any atom is -0.171 e. The molecule has 0 fully saturated rings. The maximum Gasteiger partial charge on any atom is 0.390 e. The average molecular weight is 225 g/mol. The second kappa shape index (κ2) is 3.66. The normalized spacial score (nSPS) is 15.7. The summed E-state index contributed by atoms with van der Waals surface area (Å²) < 4.78 is 34.2. The fourth-order valence-electron chi connectivity index (χ4n) is 0.306. The lowest BCUT2D eigenvalue weighted by Crippen LogP contribution is -2.15. The highest BCUT2D eigenvalue weighted by Crippen LogP contribution is 2.24. The maximum atomic E-state index is 11.4. The van der Waals surface area contributed by atoms with Crippen LogP contribution in [0.4, 0.5) is 13.2 Å². The summed E-state index contributed by atoms with van der Waals surface area (Å²) in [6, 6.07) is 0. The van der Waals surface area contributed by atoms with Gasteiger partial charge < -0.3 is 0 Å². The largest absolute Gasteiger partial charge is 0.390 e. The molecule has 0 aromatic heterocycles. The van der Waals surface area contributed by atoms with Crippen molar-refractivity contribution in [1.29, 1.82) is 0 Å².